The van der Waals surface area contributed by atoms with Gasteiger partial charge in [-0.15, -0.1) is 0 Å². The molecule has 1 unspecified atom stereocenters. The van der Waals surface area contributed by atoms with Gasteiger partial charge in [-0.2, -0.15) is 4.98 Å². The van der Waals surface area contributed by atoms with E-state index < -0.39 is 0 Å². The first-order valence-electron chi connectivity index (χ1n) is 11.9. The van der Waals surface area contributed by atoms with Gasteiger partial charge in [-0.1, -0.05) is 48.3 Å². The van der Waals surface area contributed by atoms with Crippen LogP contribution >= 0.6 is 0 Å². The van der Waals surface area contributed by atoms with Gasteiger partial charge in [0.05, 0.1) is 11.0 Å². The Hall–Kier alpha value is -2.21. The number of aromatic nitrogens is 2. The van der Waals surface area contributed by atoms with Crippen LogP contribution in [-0.4, -0.2) is 46.2 Å². The predicted octanol–water partition coefficient (Wildman–Crippen LogP) is 4.22. The van der Waals surface area contributed by atoms with Crippen LogP contribution in [0.5, 0.6) is 0 Å². The van der Waals surface area contributed by atoms with Crippen molar-refractivity contribution in [1.29, 1.82) is 0 Å². The summed E-state index contributed by atoms with van der Waals surface area (Å²) in [6, 6.07) is 10.4. The minimum Gasteiger partial charge on any atom is -0.375 e. The van der Waals surface area contributed by atoms with Crippen molar-refractivity contribution in [3.05, 3.63) is 47.6 Å². The quantitative estimate of drug-likeness (QED) is 0.736. The van der Waals surface area contributed by atoms with E-state index in [0.717, 1.165) is 83.3 Å². The number of rotatable bonds is 4. The normalized spacial score (nSPS) is 25.1. The van der Waals surface area contributed by atoms with Crippen molar-refractivity contribution in [2.75, 3.05) is 19.7 Å². The molecule has 1 aliphatic carbocycles. The minimum atomic E-state index is -0.321. The number of likely N-dealkylation sites (tertiary alicyclic amines) is 1. The number of ether oxygens (including phenoxy) is 1. The molecule has 1 aromatic heterocycles. The summed E-state index contributed by atoms with van der Waals surface area (Å²) in [7, 11) is 0. The number of benzene rings is 1. The van der Waals surface area contributed by atoms with E-state index in [-0.39, 0.29) is 11.0 Å². The Bertz CT molecular complexity index is 896. The van der Waals surface area contributed by atoms with E-state index in [9.17, 15) is 4.79 Å². The molecule has 1 spiro atoms. The Morgan fingerprint density at radius 2 is 1.87 bits per heavy atom. The third-order valence-corrected chi connectivity index (χ3v) is 7.79. The number of piperidine rings is 1. The number of carbonyl (C=O) groups excluding carboxylic acids is 1. The van der Waals surface area contributed by atoms with Crippen molar-refractivity contribution < 1.29 is 14.1 Å². The summed E-state index contributed by atoms with van der Waals surface area (Å²) < 4.78 is 11.5. The van der Waals surface area contributed by atoms with Gasteiger partial charge < -0.3 is 14.2 Å². The van der Waals surface area contributed by atoms with Crippen molar-refractivity contribution in [2.24, 2.45) is 5.92 Å². The van der Waals surface area contributed by atoms with Gasteiger partial charge in [0.15, 0.2) is 5.82 Å². The maximum atomic E-state index is 13.8. The molecule has 1 saturated carbocycles. The van der Waals surface area contributed by atoms with E-state index in [4.69, 9.17) is 9.26 Å². The third kappa shape index (κ3) is 4.02. The SMILES string of the molecule is Cc1nc(CC2CCOC3(CCN(C(=O)C4(c5ccccc5)CCCC4)CC3)C2)no1. The highest BCUT2D eigenvalue weighted by atomic mass is 16.5. The summed E-state index contributed by atoms with van der Waals surface area (Å²) in [5.41, 5.74) is 0.772. The zero-order valence-electron chi connectivity index (χ0n) is 18.5. The van der Waals surface area contributed by atoms with Gasteiger partial charge in [-0.25, -0.2) is 0 Å². The second kappa shape index (κ2) is 8.38. The lowest BCUT2D eigenvalue weighted by atomic mass is 9.75. The summed E-state index contributed by atoms with van der Waals surface area (Å²) in [4.78, 5) is 20.3. The summed E-state index contributed by atoms with van der Waals surface area (Å²) >= 11 is 0. The molecule has 1 atom stereocenters. The highest BCUT2D eigenvalue weighted by Crippen LogP contribution is 2.44. The number of nitrogens with zero attached hydrogens (tertiary/aromatic N) is 3. The van der Waals surface area contributed by atoms with Gasteiger partial charge in [0, 0.05) is 33.0 Å². The Kier molecular flexibility index (Phi) is 5.59. The molecule has 3 aliphatic rings. The van der Waals surface area contributed by atoms with Crippen LogP contribution in [0.2, 0.25) is 0 Å². The maximum absolute atomic E-state index is 13.8. The van der Waals surface area contributed by atoms with Crippen molar-refractivity contribution in [3.8, 4) is 0 Å². The molecule has 2 aromatic rings. The first-order chi connectivity index (χ1) is 15.1. The van der Waals surface area contributed by atoms with Crippen LogP contribution < -0.4 is 0 Å². The molecular formula is C25H33N3O3. The first kappa shape index (κ1) is 20.7. The van der Waals surface area contributed by atoms with E-state index in [1.807, 2.05) is 13.0 Å². The smallest absolute Gasteiger partial charge is 0.233 e. The minimum absolute atomic E-state index is 0.103. The molecular weight excluding hydrogens is 390 g/mol. The Balaban J connectivity index is 1.25. The first-order valence-corrected chi connectivity index (χ1v) is 11.9. The topological polar surface area (TPSA) is 68.5 Å². The van der Waals surface area contributed by atoms with Crippen LogP contribution in [0, 0.1) is 12.8 Å². The van der Waals surface area contributed by atoms with E-state index in [1.54, 1.807) is 0 Å². The zero-order chi connectivity index (χ0) is 21.3. The van der Waals surface area contributed by atoms with Crippen molar-refractivity contribution in [2.45, 2.75) is 75.7 Å². The van der Waals surface area contributed by atoms with Crippen molar-refractivity contribution in [3.63, 3.8) is 0 Å². The molecule has 6 nitrogen and oxygen atoms in total. The standard InChI is InChI=1S/C25H33N3O3/c1-19-26-22(27-31-19)17-20-9-16-30-24(18-20)12-14-28(15-13-24)23(29)25(10-5-6-11-25)21-7-3-2-4-8-21/h2-4,7-8,20H,5-6,9-18H2,1H3. The van der Waals surface area contributed by atoms with E-state index in [2.05, 4.69) is 39.3 Å². The summed E-state index contributed by atoms with van der Waals surface area (Å²) in [5.74, 6) is 2.28. The molecule has 1 amide bonds. The lowest BCUT2D eigenvalue weighted by Crippen LogP contribution is -2.54. The second-order valence-electron chi connectivity index (χ2n) is 9.77. The largest absolute Gasteiger partial charge is 0.375 e. The average Bonchev–Trinajstić information content (AvgIpc) is 3.45. The number of hydrogen-bond donors (Lipinski definition) is 0. The van der Waals surface area contributed by atoms with Gasteiger partial charge in [-0.3, -0.25) is 4.79 Å². The lowest BCUT2D eigenvalue weighted by Gasteiger charge is -2.47. The second-order valence-corrected chi connectivity index (χ2v) is 9.77. The molecule has 0 bridgehead atoms. The van der Waals surface area contributed by atoms with E-state index in [0.29, 0.717) is 17.7 Å². The molecule has 3 fully saturated rings. The third-order valence-electron chi connectivity index (χ3n) is 7.79. The fourth-order valence-electron chi connectivity index (χ4n) is 6.12. The Morgan fingerprint density at radius 3 is 2.55 bits per heavy atom. The Labute approximate surface area is 184 Å². The molecule has 2 saturated heterocycles. The van der Waals surface area contributed by atoms with E-state index in [1.165, 1.54) is 5.56 Å². The fourth-order valence-corrected chi connectivity index (χ4v) is 6.12. The lowest BCUT2D eigenvalue weighted by molar-refractivity contribution is -0.151. The molecule has 0 N–H and O–H groups in total. The molecule has 6 heteroatoms. The summed E-state index contributed by atoms with van der Waals surface area (Å²) in [5, 5.41) is 4.08. The summed E-state index contributed by atoms with van der Waals surface area (Å²) in [6.07, 6.45) is 8.97. The Morgan fingerprint density at radius 1 is 1.13 bits per heavy atom. The fraction of sp³-hybridized carbons (Fsp3) is 0.640. The summed E-state index contributed by atoms with van der Waals surface area (Å²) in [6.45, 7) is 4.20. The number of hydrogen-bond acceptors (Lipinski definition) is 5. The molecule has 2 aliphatic heterocycles. The monoisotopic (exact) mass is 423 g/mol. The van der Waals surface area contributed by atoms with Crippen LogP contribution in [0.25, 0.3) is 0 Å². The van der Waals surface area contributed by atoms with Crippen molar-refractivity contribution in [1.82, 2.24) is 15.0 Å². The van der Waals surface area contributed by atoms with Gasteiger partial charge in [0.25, 0.3) is 0 Å². The molecule has 3 heterocycles. The van der Waals surface area contributed by atoms with Crippen LogP contribution in [0.15, 0.2) is 34.9 Å². The molecule has 0 radical (unpaired) electrons. The van der Waals surface area contributed by atoms with Crippen LogP contribution in [0.3, 0.4) is 0 Å². The van der Waals surface area contributed by atoms with Crippen LogP contribution in [0.4, 0.5) is 0 Å². The number of aryl methyl sites for hydroxylation is 1. The molecule has 1 aromatic carbocycles. The van der Waals surface area contributed by atoms with Crippen LogP contribution in [0.1, 0.15) is 68.6 Å². The zero-order valence-corrected chi connectivity index (χ0v) is 18.5. The maximum Gasteiger partial charge on any atom is 0.233 e. The van der Waals surface area contributed by atoms with E-state index >= 15 is 0 Å². The molecule has 166 valence electrons. The number of carbonyl (C=O) groups is 1. The highest BCUT2D eigenvalue weighted by molar-refractivity contribution is 5.88. The predicted molar refractivity (Wildman–Crippen MR) is 117 cm³/mol. The highest BCUT2D eigenvalue weighted by Gasteiger charge is 2.48. The number of amides is 1. The molecule has 31 heavy (non-hydrogen) atoms. The van der Waals surface area contributed by atoms with Crippen molar-refractivity contribution >= 4 is 5.91 Å². The van der Waals surface area contributed by atoms with Gasteiger partial charge in [0.2, 0.25) is 11.8 Å². The van der Waals surface area contributed by atoms with Gasteiger partial charge in [0.1, 0.15) is 0 Å². The van der Waals surface area contributed by atoms with Crippen LogP contribution in [-0.2, 0) is 21.4 Å². The molecule has 5 rings (SSSR count). The van der Waals surface area contributed by atoms with Gasteiger partial charge >= 0.3 is 0 Å². The average molecular weight is 424 g/mol. The van der Waals surface area contributed by atoms with Gasteiger partial charge in [-0.05, 0) is 50.0 Å².